The van der Waals surface area contributed by atoms with Crippen molar-refractivity contribution < 1.29 is 4.74 Å². The lowest BCUT2D eigenvalue weighted by atomic mass is 10.1. The summed E-state index contributed by atoms with van der Waals surface area (Å²) in [6.07, 6.45) is 6.71. The smallest absolute Gasteiger partial charge is 0.163 e. The van der Waals surface area contributed by atoms with Crippen molar-refractivity contribution in [2.24, 2.45) is 7.05 Å². The highest BCUT2D eigenvalue weighted by atomic mass is 16.5. The molecule has 0 aliphatic heterocycles. The number of nitrogens with zero attached hydrogens (tertiary/aromatic N) is 6. The lowest BCUT2D eigenvalue weighted by molar-refractivity contribution is 0.205. The Balaban J connectivity index is 1.93. The molecule has 3 aromatic heterocycles. The summed E-state index contributed by atoms with van der Waals surface area (Å²) in [5, 5.41) is 12.8. The van der Waals surface area contributed by atoms with E-state index in [1.807, 2.05) is 19.3 Å². The van der Waals surface area contributed by atoms with E-state index in [0.29, 0.717) is 29.4 Å². The molecule has 3 heterocycles. The Kier molecular flexibility index (Phi) is 5.95. The molecule has 0 aliphatic rings. The molecule has 0 fully saturated rings. The van der Waals surface area contributed by atoms with E-state index in [4.69, 9.17) is 15.9 Å². The van der Waals surface area contributed by atoms with Gasteiger partial charge >= 0.3 is 0 Å². The zero-order valence-corrected chi connectivity index (χ0v) is 16.3. The van der Waals surface area contributed by atoms with Gasteiger partial charge in [0.2, 0.25) is 0 Å². The average molecular weight is 380 g/mol. The van der Waals surface area contributed by atoms with Gasteiger partial charge in [-0.05, 0) is 19.1 Å². The Labute approximate surface area is 163 Å². The molecule has 9 nitrogen and oxygen atoms in total. The summed E-state index contributed by atoms with van der Waals surface area (Å²) >= 11 is 0. The molecule has 0 amide bonds. The van der Waals surface area contributed by atoms with Crippen LogP contribution in [0.25, 0.3) is 11.4 Å². The minimum absolute atomic E-state index is 0.219. The first-order chi connectivity index (χ1) is 13.5. The quantitative estimate of drug-likeness (QED) is 0.571. The van der Waals surface area contributed by atoms with Gasteiger partial charge < -0.3 is 15.4 Å². The summed E-state index contributed by atoms with van der Waals surface area (Å²) in [4.78, 5) is 15.3. The predicted octanol–water partition coefficient (Wildman–Crippen LogP) is 1.74. The Morgan fingerprint density at radius 3 is 2.82 bits per heavy atom. The number of rotatable bonds is 8. The van der Waals surface area contributed by atoms with Crippen LogP contribution in [0.2, 0.25) is 0 Å². The van der Waals surface area contributed by atoms with Crippen molar-refractivity contribution in [3.05, 3.63) is 48.2 Å². The van der Waals surface area contributed by atoms with E-state index < -0.39 is 0 Å². The molecule has 0 spiro atoms. The summed E-state index contributed by atoms with van der Waals surface area (Å²) in [5.41, 5.74) is 8.47. The maximum atomic E-state index is 8.65. The number of aromatic nitrogens is 5. The molecule has 0 radical (unpaired) electrons. The van der Waals surface area contributed by atoms with Crippen molar-refractivity contribution in [2.45, 2.75) is 6.92 Å². The number of nitrogens with two attached hydrogens (primary N) is 1. The second-order valence-electron chi connectivity index (χ2n) is 6.25. The zero-order chi connectivity index (χ0) is 20.1. The number of nitrogen functional groups attached to an aromatic ring is 1. The minimum atomic E-state index is 0.219. The SMILES string of the molecule is CCN(CCOC)c1cc(C(=N)c2nc(-c3cnn(C)c3)ncc2N)ccn1. The van der Waals surface area contributed by atoms with E-state index in [-0.39, 0.29) is 5.71 Å². The summed E-state index contributed by atoms with van der Waals surface area (Å²) in [5.74, 6) is 1.26. The fourth-order valence-corrected chi connectivity index (χ4v) is 2.79. The minimum Gasteiger partial charge on any atom is -0.396 e. The highest BCUT2D eigenvalue weighted by Crippen LogP contribution is 2.21. The van der Waals surface area contributed by atoms with Gasteiger partial charge in [-0.3, -0.25) is 10.1 Å². The monoisotopic (exact) mass is 380 g/mol. The third-order valence-electron chi connectivity index (χ3n) is 4.32. The standard InChI is InChI=1S/C19H24N8O/c1-4-27(7-8-28-3)16-9-13(5-6-22-16)17(21)18-15(20)11-23-19(25-18)14-10-24-26(2)12-14/h5-6,9-12,21H,4,7-8,20H2,1-3H3. The Morgan fingerprint density at radius 2 is 2.14 bits per heavy atom. The van der Waals surface area contributed by atoms with E-state index in [9.17, 15) is 0 Å². The number of hydrogen-bond acceptors (Lipinski definition) is 8. The molecular weight excluding hydrogens is 356 g/mol. The van der Waals surface area contributed by atoms with Crippen molar-refractivity contribution in [1.82, 2.24) is 24.7 Å². The van der Waals surface area contributed by atoms with Gasteiger partial charge in [0, 0.05) is 45.2 Å². The summed E-state index contributed by atoms with van der Waals surface area (Å²) < 4.78 is 6.84. The molecule has 146 valence electrons. The van der Waals surface area contributed by atoms with Crippen molar-refractivity contribution >= 4 is 17.2 Å². The second kappa shape index (κ2) is 8.57. The highest BCUT2D eigenvalue weighted by molar-refractivity contribution is 6.12. The maximum Gasteiger partial charge on any atom is 0.163 e. The molecule has 0 aromatic carbocycles. The van der Waals surface area contributed by atoms with Crippen LogP contribution in [0.15, 0.2) is 36.9 Å². The van der Waals surface area contributed by atoms with Crippen molar-refractivity contribution in [2.75, 3.05) is 37.4 Å². The van der Waals surface area contributed by atoms with Crippen LogP contribution >= 0.6 is 0 Å². The van der Waals surface area contributed by atoms with Crippen molar-refractivity contribution in [1.29, 1.82) is 5.41 Å². The molecule has 3 rings (SSSR count). The highest BCUT2D eigenvalue weighted by Gasteiger charge is 2.16. The molecule has 0 saturated carbocycles. The summed E-state index contributed by atoms with van der Waals surface area (Å²) in [6.45, 7) is 4.16. The third kappa shape index (κ3) is 4.15. The topological polar surface area (TPSA) is 119 Å². The number of hydrogen-bond donors (Lipinski definition) is 2. The van der Waals surface area contributed by atoms with Crippen molar-refractivity contribution in [3.63, 3.8) is 0 Å². The molecule has 0 saturated heterocycles. The fraction of sp³-hybridized carbons (Fsp3) is 0.316. The van der Waals surface area contributed by atoms with Gasteiger partial charge in [0.25, 0.3) is 0 Å². The molecule has 0 bridgehead atoms. The van der Waals surface area contributed by atoms with Gasteiger partial charge in [0.15, 0.2) is 5.82 Å². The van der Waals surface area contributed by atoms with Crippen molar-refractivity contribution in [3.8, 4) is 11.4 Å². The number of aryl methyl sites for hydroxylation is 1. The second-order valence-corrected chi connectivity index (χ2v) is 6.25. The van der Waals surface area contributed by atoms with Gasteiger partial charge in [0.1, 0.15) is 11.5 Å². The first-order valence-corrected chi connectivity index (χ1v) is 8.94. The first-order valence-electron chi connectivity index (χ1n) is 8.94. The van der Waals surface area contributed by atoms with Gasteiger partial charge in [-0.2, -0.15) is 5.10 Å². The first kappa shape index (κ1) is 19.4. The van der Waals surface area contributed by atoms with Crippen LogP contribution in [-0.4, -0.2) is 57.3 Å². The fourth-order valence-electron chi connectivity index (χ4n) is 2.79. The number of nitrogens with one attached hydrogen (secondary N) is 1. The Hall–Kier alpha value is -3.33. The van der Waals surface area contributed by atoms with E-state index >= 15 is 0 Å². The molecule has 0 unspecified atom stereocenters. The number of anilines is 2. The number of methoxy groups -OCH3 is 1. The molecule has 0 aliphatic carbocycles. The van der Waals surface area contributed by atoms with Crippen LogP contribution in [0.5, 0.6) is 0 Å². The Morgan fingerprint density at radius 1 is 1.32 bits per heavy atom. The number of ether oxygens (including phenoxy) is 1. The lowest BCUT2D eigenvalue weighted by Crippen LogP contribution is -2.27. The molecular formula is C19H24N8O. The van der Waals surface area contributed by atoms with Gasteiger partial charge in [-0.25, -0.2) is 15.0 Å². The number of likely N-dealkylation sites (N-methyl/N-ethyl adjacent to an activating group) is 1. The predicted molar refractivity (Wildman–Crippen MR) is 109 cm³/mol. The summed E-state index contributed by atoms with van der Waals surface area (Å²) in [7, 11) is 3.50. The molecule has 3 aromatic rings. The summed E-state index contributed by atoms with van der Waals surface area (Å²) in [6, 6.07) is 3.65. The van der Waals surface area contributed by atoms with E-state index in [2.05, 4.69) is 31.9 Å². The van der Waals surface area contributed by atoms with E-state index in [1.54, 1.807) is 30.3 Å². The normalized spacial score (nSPS) is 10.8. The molecule has 28 heavy (non-hydrogen) atoms. The zero-order valence-electron chi connectivity index (χ0n) is 16.3. The Bertz CT molecular complexity index is 968. The van der Waals surface area contributed by atoms with Crippen LogP contribution in [0.4, 0.5) is 11.5 Å². The maximum absolute atomic E-state index is 8.65. The van der Waals surface area contributed by atoms with Crippen LogP contribution in [0.3, 0.4) is 0 Å². The van der Waals surface area contributed by atoms with Crippen LogP contribution < -0.4 is 10.6 Å². The average Bonchev–Trinajstić information content (AvgIpc) is 3.15. The third-order valence-corrected chi connectivity index (χ3v) is 4.32. The van der Waals surface area contributed by atoms with Crippen LogP contribution in [0.1, 0.15) is 18.2 Å². The van der Waals surface area contributed by atoms with Crippen LogP contribution in [-0.2, 0) is 11.8 Å². The van der Waals surface area contributed by atoms with E-state index in [0.717, 1.165) is 24.5 Å². The number of pyridine rings is 1. The molecule has 9 heteroatoms. The van der Waals surface area contributed by atoms with Crippen LogP contribution in [0, 0.1) is 5.41 Å². The van der Waals surface area contributed by atoms with Gasteiger partial charge in [-0.15, -0.1) is 0 Å². The van der Waals surface area contributed by atoms with Gasteiger partial charge in [0.05, 0.1) is 36.0 Å². The molecule has 0 atom stereocenters. The van der Waals surface area contributed by atoms with Gasteiger partial charge in [-0.1, -0.05) is 0 Å². The largest absolute Gasteiger partial charge is 0.396 e. The molecule has 3 N–H and O–H groups in total. The lowest BCUT2D eigenvalue weighted by Gasteiger charge is -2.22. The van der Waals surface area contributed by atoms with E-state index in [1.165, 1.54) is 6.20 Å².